The van der Waals surface area contributed by atoms with Crippen molar-refractivity contribution < 1.29 is 4.74 Å². The highest BCUT2D eigenvalue weighted by Gasteiger charge is 2.18. The Labute approximate surface area is 206 Å². The zero-order chi connectivity index (χ0) is 24.8. The second kappa shape index (κ2) is 10.8. The molecule has 0 spiro atoms. The van der Waals surface area contributed by atoms with Gasteiger partial charge in [-0.3, -0.25) is 9.36 Å². The Bertz CT molecular complexity index is 1430. The van der Waals surface area contributed by atoms with Crippen molar-refractivity contribution in [3.63, 3.8) is 0 Å². The average molecular weight is 464 g/mol. The van der Waals surface area contributed by atoms with Crippen molar-refractivity contribution in [1.29, 1.82) is 5.26 Å². The van der Waals surface area contributed by atoms with E-state index < -0.39 is 0 Å². The predicted octanol–water partition coefficient (Wildman–Crippen LogP) is 6.02. The average Bonchev–Trinajstić information content (AvgIpc) is 2.90. The molecule has 5 heteroatoms. The van der Waals surface area contributed by atoms with Crippen LogP contribution in [-0.2, 0) is 12.8 Å². The first-order chi connectivity index (χ1) is 17.1. The third kappa shape index (κ3) is 5.02. The molecule has 176 valence electrons. The van der Waals surface area contributed by atoms with Crippen LogP contribution in [0.15, 0.2) is 77.6 Å². The number of para-hydroxylation sites is 2. The summed E-state index contributed by atoms with van der Waals surface area (Å²) in [6, 6.07) is 25.4. The van der Waals surface area contributed by atoms with Gasteiger partial charge in [-0.25, -0.2) is 4.98 Å². The van der Waals surface area contributed by atoms with Crippen LogP contribution < -0.4 is 10.3 Å². The topological polar surface area (TPSA) is 67.9 Å². The normalized spacial score (nSPS) is 10.7. The van der Waals surface area contributed by atoms with Crippen LogP contribution in [-0.4, -0.2) is 16.7 Å². The number of aromatic nitrogens is 2. The van der Waals surface area contributed by atoms with Crippen LogP contribution in [0.1, 0.15) is 48.0 Å². The number of benzene rings is 3. The van der Waals surface area contributed by atoms with Crippen molar-refractivity contribution in [1.82, 2.24) is 9.55 Å². The second-order valence-corrected chi connectivity index (χ2v) is 8.53. The van der Waals surface area contributed by atoms with Crippen molar-refractivity contribution in [3.05, 3.63) is 111 Å². The van der Waals surface area contributed by atoms with E-state index in [1.807, 2.05) is 79.7 Å². The fourth-order valence-corrected chi connectivity index (χ4v) is 4.38. The predicted molar refractivity (Wildman–Crippen MR) is 139 cm³/mol. The molecule has 35 heavy (non-hydrogen) atoms. The van der Waals surface area contributed by atoms with E-state index in [4.69, 9.17) is 9.72 Å². The number of methoxy groups -OCH3 is 1. The zero-order valence-corrected chi connectivity index (χ0v) is 20.4. The summed E-state index contributed by atoms with van der Waals surface area (Å²) >= 11 is 0. The molecule has 0 fully saturated rings. The Balaban J connectivity index is 1.77. The van der Waals surface area contributed by atoms with Crippen molar-refractivity contribution in [3.8, 4) is 28.6 Å². The number of unbranched alkanes of at least 4 members (excludes halogenated alkanes) is 1. The first-order valence-electron chi connectivity index (χ1n) is 11.9. The summed E-state index contributed by atoms with van der Waals surface area (Å²) in [5, 5.41) is 9.44. The van der Waals surface area contributed by atoms with E-state index in [2.05, 4.69) is 13.0 Å². The van der Waals surface area contributed by atoms with Crippen molar-refractivity contribution >= 4 is 0 Å². The minimum atomic E-state index is -0.0630. The number of hydrogen-bond donors (Lipinski definition) is 0. The SMILES string of the molecule is CCCCc1nc(C)n(-c2ccccc2OC)c(=O)c1Cc1ccc(-c2ccccc2C#N)cc1. The quantitative estimate of drug-likeness (QED) is 0.320. The largest absolute Gasteiger partial charge is 0.495 e. The summed E-state index contributed by atoms with van der Waals surface area (Å²) in [5.74, 6) is 1.28. The molecular weight excluding hydrogens is 434 g/mol. The molecule has 0 atom stereocenters. The molecule has 0 aliphatic carbocycles. The van der Waals surface area contributed by atoms with Crippen LogP contribution in [0, 0.1) is 18.3 Å². The zero-order valence-electron chi connectivity index (χ0n) is 20.4. The summed E-state index contributed by atoms with van der Waals surface area (Å²) in [4.78, 5) is 18.7. The highest BCUT2D eigenvalue weighted by atomic mass is 16.5. The first-order valence-corrected chi connectivity index (χ1v) is 11.9. The molecular formula is C30H29N3O2. The maximum atomic E-state index is 13.8. The van der Waals surface area contributed by atoms with E-state index in [-0.39, 0.29) is 5.56 Å². The molecule has 3 aromatic carbocycles. The van der Waals surface area contributed by atoms with Gasteiger partial charge in [0.05, 0.1) is 30.1 Å². The van der Waals surface area contributed by atoms with Gasteiger partial charge < -0.3 is 4.74 Å². The number of hydrogen-bond acceptors (Lipinski definition) is 4. The van der Waals surface area contributed by atoms with E-state index in [1.165, 1.54) is 0 Å². The highest BCUT2D eigenvalue weighted by Crippen LogP contribution is 2.25. The Hall–Kier alpha value is -4.17. The van der Waals surface area contributed by atoms with E-state index in [9.17, 15) is 10.1 Å². The molecule has 1 aromatic heterocycles. The Morgan fingerprint density at radius 3 is 2.43 bits per heavy atom. The van der Waals surface area contributed by atoms with Crippen LogP contribution in [0.5, 0.6) is 5.75 Å². The van der Waals surface area contributed by atoms with Crippen LogP contribution in [0.3, 0.4) is 0 Å². The first kappa shape index (κ1) is 24.0. The lowest BCUT2D eigenvalue weighted by atomic mass is 9.96. The molecule has 5 nitrogen and oxygen atoms in total. The Morgan fingerprint density at radius 1 is 1.00 bits per heavy atom. The fourth-order valence-electron chi connectivity index (χ4n) is 4.38. The van der Waals surface area contributed by atoms with E-state index in [0.29, 0.717) is 34.8 Å². The Morgan fingerprint density at radius 2 is 1.71 bits per heavy atom. The Kier molecular flexibility index (Phi) is 7.42. The van der Waals surface area contributed by atoms with Gasteiger partial charge in [0.2, 0.25) is 0 Å². The van der Waals surface area contributed by atoms with Gasteiger partial charge in [0.25, 0.3) is 5.56 Å². The lowest BCUT2D eigenvalue weighted by Gasteiger charge is -2.17. The van der Waals surface area contributed by atoms with Crippen LogP contribution in [0.25, 0.3) is 16.8 Å². The molecule has 0 bridgehead atoms. The molecule has 0 N–H and O–H groups in total. The summed E-state index contributed by atoms with van der Waals surface area (Å²) < 4.78 is 7.18. The van der Waals surface area contributed by atoms with Crippen molar-refractivity contribution in [2.24, 2.45) is 0 Å². The molecule has 4 rings (SSSR count). The standard InChI is InChI=1S/C30H29N3O2/c1-4-5-12-27-26(30(34)33(21(2)32-27)28-13-8-9-14-29(28)35-3)19-22-15-17-23(18-16-22)25-11-7-6-10-24(25)20-31/h6-11,13-18H,4-5,12,19H2,1-3H3. The molecule has 4 aromatic rings. The number of aryl methyl sites for hydroxylation is 2. The molecule has 0 saturated heterocycles. The fraction of sp³-hybridized carbons (Fsp3) is 0.233. The van der Waals surface area contributed by atoms with Crippen LogP contribution >= 0.6 is 0 Å². The highest BCUT2D eigenvalue weighted by molar-refractivity contribution is 5.70. The van der Waals surface area contributed by atoms with Crippen LogP contribution in [0.4, 0.5) is 0 Å². The monoisotopic (exact) mass is 463 g/mol. The summed E-state index contributed by atoms with van der Waals surface area (Å²) in [6.45, 7) is 4.01. The van der Waals surface area contributed by atoms with Gasteiger partial charge >= 0.3 is 0 Å². The van der Waals surface area contributed by atoms with Gasteiger partial charge in [-0.1, -0.05) is 67.9 Å². The van der Waals surface area contributed by atoms with Gasteiger partial charge in [-0.05, 0) is 54.7 Å². The maximum absolute atomic E-state index is 13.8. The van der Waals surface area contributed by atoms with Crippen molar-refractivity contribution in [2.75, 3.05) is 7.11 Å². The van der Waals surface area contributed by atoms with Gasteiger partial charge in [0.15, 0.2) is 0 Å². The smallest absolute Gasteiger partial charge is 0.261 e. The summed E-state index contributed by atoms with van der Waals surface area (Å²) in [6.07, 6.45) is 3.26. The van der Waals surface area contributed by atoms with Gasteiger partial charge in [0, 0.05) is 12.0 Å². The lowest BCUT2D eigenvalue weighted by molar-refractivity contribution is 0.412. The molecule has 0 aliphatic rings. The lowest BCUT2D eigenvalue weighted by Crippen LogP contribution is -2.28. The molecule has 0 aliphatic heterocycles. The number of rotatable bonds is 8. The van der Waals surface area contributed by atoms with E-state index in [1.54, 1.807) is 11.7 Å². The molecule has 0 saturated carbocycles. The number of ether oxygens (including phenoxy) is 1. The number of nitriles is 1. The minimum absolute atomic E-state index is 0.0630. The summed E-state index contributed by atoms with van der Waals surface area (Å²) in [5.41, 5.74) is 5.74. The third-order valence-electron chi connectivity index (χ3n) is 6.22. The van der Waals surface area contributed by atoms with Gasteiger partial charge in [0.1, 0.15) is 11.6 Å². The van der Waals surface area contributed by atoms with Crippen LogP contribution in [0.2, 0.25) is 0 Å². The van der Waals surface area contributed by atoms with Crippen molar-refractivity contribution in [2.45, 2.75) is 39.5 Å². The second-order valence-electron chi connectivity index (χ2n) is 8.53. The molecule has 0 amide bonds. The van der Waals surface area contributed by atoms with E-state index in [0.717, 1.165) is 41.6 Å². The van der Waals surface area contributed by atoms with Gasteiger partial charge in [-0.2, -0.15) is 5.26 Å². The number of nitrogens with zero attached hydrogens (tertiary/aromatic N) is 3. The third-order valence-corrected chi connectivity index (χ3v) is 6.22. The summed E-state index contributed by atoms with van der Waals surface area (Å²) in [7, 11) is 1.61. The molecule has 1 heterocycles. The van der Waals surface area contributed by atoms with E-state index >= 15 is 0 Å². The molecule has 0 radical (unpaired) electrons. The molecule has 0 unspecified atom stereocenters. The minimum Gasteiger partial charge on any atom is -0.495 e. The maximum Gasteiger partial charge on any atom is 0.261 e. The van der Waals surface area contributed by atoms with Gasteiger partial charge in [-0.15, -0.1) is 0 Å².